The molecule has 0 spiro atoms. The Hall–Kier alpha value is -2.41. The van der Waals surface area contributed by atoms with Crippen molar-refractivity contribution in [3.05, 3.63) is 41.0 Å². The Kier molecular flexibility index (Phi) is 6.11. The molecule has 0 aliphatic carbocycles. The third-order valence-corrected chi connectivity index (χ3v) is 5.23. The molecule has 1 aromatic heterocycles. The number of benzene rings is 1. The molecule has 0 radical (unpaired) electrons. The second kappa shape index (κ2) is 8.52. The van der Waals surface area contributed by atoms with Crippen LogP contribution in [0.15, 0.2) is 18.2 Å². The van der Waals surface area contributed by atoms with Gasteiger partial charge in [0.15, 0.2) is 11.6 Å². The molecule has 27 heavy (non-hydrogen) atoms. The van der Waals surface area contributed by atoms with Gasteiger partial charge in [0.05, 0.1) is 0 Å². The highest BCUT2D eigenvalue weighted by Crippen LogP contribution is 2.21. The summed E-state index contributed by atoms with van der Waals surface area (Å²) in [6.07, 6.45) is 3.04. The first-order valence-electron chi connectivity index (χ1n) is 9.43. The number of rotatable bonds is 7. The molecule has 2 aromatic rings. The summed E-state index contributed by atoms with van der Waals surface area (Å²) in [6.45, 7) is 6.27. The van der Waals surface area contributed by atoms with E-state index < -0.39 is 5.97 Å². The summed E-state index contributed by atoms with van der Waals surface area (Å²) in [7, 11) is 2.14. The fraction of sp³-hybridized carbons (Fsp3) is 0.550. The SMILES string of the molecule is Cc1ccc(OCc2nc(CC3CCN(C)CC3)nn2CC(=O)O)cc1C. The molecule has 7 nitrogen and oxygen atoms in total. The van der Waals surface area contributed by atoms with Crippen LogP contribution in [0.1, 0.15) is 35.6 Å². The van der Waals surface area contributed by atoms with Crippen LogP contribution in [0.5, 0.6) is 5.75 Å². The normalized spacial score (nSPS) is 15.8. The van der Waals surface area contributed by atoms with Crippen molar-refractivity contribution in [2.24, 2.45) is 5.92 Å². The fourth-order valence-electron chi connectivity index (χ4n) is 3.35. The molecule has 146 valence electrons. The van der Waals surface area contributed by atoms with Gasteiger partial charge in [-0.2, -0.15) is 5.10 Å². The number of piperidine rings is 1. The smallest absolute Gasteiger partial charge is 0.325 e. The molecule has 0 bridgehead atoms. The molecule has 0 amide bonds. The molecule has 1 N–H and O–H groups in total. The number of carboxylic acids is 1. The summed E-state index contributed by atoms with van der Waals surface area (Å²) in [5, 5.41) is 13.6. The third-order valence-electron chi connectivity index (χ3n) is 5.23. The van der Waals surface area contributed by atoms with Gasteiger partial charge in [-0.25, -0.2) is 9.67 Å². The van der Waals surface area contributed by atoms with Crippen molar-refractivity contribution in [2.45, 2.75) is 46.3 Å². The first-order chi connectivity index (χ1) is 12.9. The van der Waals surface area contributed by atoms with Crippen molar-refractivity contribution in [1.82, 2.24) is 19.7 Å². The molecule has 1 aromatic carbocycles. The van der Waals surface area contributed by atoms with Crippen LogP contribution < -0.4 is 4.74 Å². The van der Waals surface area contributed by atoms with E-state index in [1.807, 2.05) is 25.1 Å². The van der Waals surface area contributed by atoms with Crippen molar-refractivity contribution in [1.29, 1.82) is 0 Å². The van der Waals surface area contributed by atoms with Crippen LogP contribution >= 0.6 is 0 Å². The summed E-state index contributed by atoms with van der Waals surface area (Å²) in [6, 6.07) is 5.91. The van der Waals surface area contributed by atoms with Gasteiger partial charge in [-0.1, -0.05) is 6.07 Å². The predicted octanol–water partition coefficient (Wildman–Crippen LogP) is 2.44. The van der Waals surface area contributed by atoms with E-state index in [-0.39, 0.29) is 13.2 Å². The molecule has 1 saturated heterocycles. The summed E-state index contributed by atoms with van der Waals surface area (Å²) >= 11 is 0. The minimum atomic E-state index is -0.932. The standard InChI is InChI=1S/C20H28N4O3/c1-14-4-5-17(10-15(14)2)27-13-19-21-18(22-24(19)12-20(25)26)11-16-6-8-23(3)9-7-16/h4-5,10,16H,6-9,11-13H2,1-3H3,(H,25,26). The Morgan fingerprint density at radius 1 is 1.26 bits per heavy atom. The largest absolute Gasteiger partial charge is 0.486 e. The first kappa shape index (κ1) is 19.4. The molecule has 1 aliphatic rings. The quantitative estimate of drug-likeness (QED) is 0.804. The highest BCUT2D eigenvalue weighted by Gasteiger charge is 2.20. The van der Waals surface area contributed by atoms with Gasteiger partial charge in [0, 0.05) is 6.42 Å². The number of hydrogen-bond donors (Lipinski definition) is 1. The van der Waals surface area contributed by atoms with Crippen LogP contribution in [0.25, 0.3) is 0 Å². The van der Waals surface area contributed by atoms with Crippen LogP contribution in [-0.2, 0) is 24.4 Å². The van der Waals surface area contributed by atoms with E-state index in [0.29, 0.717) is 17.6 Å². The van der Waals surface area contributed by atoms with Gasteiger partial charge in [-0.05, 0) is 76.0 Å². The Morgan fingerprint density at radius 3 is 2.67 bits per heavy atom. The molecule has 0 unspecified atom stereocenters. The van der Waals surface area contributed by atoms with Crippen molar-refractivity contribution in [3.63, 3.8) is 0 Å². The van der Waals surface area contributed by atoms with Crippen molar-refractivity contribution >= 4 is 5.97 Å². The van der Waals surface area contributed by atoms with Crippen molar-refractivity contribution in [2.75, 3.05) is 20.1 Å². The number of hydrogen-bond acceptors (Lipinski definition) is 5. The molecule has 0 saturated carbocycles. The zero-order valence-electron chi connectivity index (χ0n) is 16.3. The van der Waals surface area contributed by atoms with Gasteiger partial charge < -0.3 is 14.7 Å². The number of aliphatic carboxylic acids is 1. The second-order valence-corrected chi connectivity index (χ2v) is 7.48. The van der Waals surface area contributed by atoms with Gasteiger partial charge in [-0.15, -0.1) is 0 Å². The Labute approximate surface area is 160 Å². The zero-order valence-corrected chi connectivity index (χ0v) is 16.3. The number of carboxylic acid groups (broad SMARTS) is 1. The van der Waals surface area contributed by atoms with Crippen LogP contribution in [0, 0.1) is 19.8 Å². The average molecular weight is 372 g/mol. The van der Waals surface area contributed by atoms with E-state index in [0.717, 1.165) is 43.7 Å². The molecule has 1 aliphatic heterocycles. The number of aryl methyl sites for hydroxylation is 2. The van der Waals surface area contributed by atoms with E-state index in [1.54, 1.807) is 0 Å². The van der Waals surface area contributed by atoms with Crippen molar-refractivity contribution in [3.8, 4) is 5.75 Å². The summed E-state index contributed by atoms with van der Waals surface area (Å²) in [5.74, 6) is 1.64. The molecule has 3 rings (SSSR count). The predicted molar refractivity (Wildman–Crippen MR) is 102 cm³/mol. The van der Waals surface area contributed by atoms with Gasteiger partial charge in [-0.3, -0.25) is 4.79 Å². The maximum Gasteiger partial charge on any atom is 0.325 e. The zero-order chi connectivity index (χ0) is 19.4. The van der Waals surface area contributed by atoms with Gasteiger partial charge in [0.2, 0.25) is 0 Å². The van der Waals surface area contributed by atoms with Gasteiger partial charge in [0.1, 0.15) is 18.9 Å². The summed E-state index contributed by atoms with van der Waals surface area (Å²) in [5.41, 5.74) is 2.36. The lowest BCUT2D eigenvalue weighted by atomic mass is 9.94. The summed E-state index contributed by atoms with van der Waals surface area (Å²) in [4.78, 5) is 18.1. The number of carbonyl (C=O) groups is 1. The van der Waals surface area contributed by atoms with Crippen LogP contribution in [0.2, 0.25) is 0 Å². The first-order valence-corrected chi connectivity index (χ1v) is 9.43. The van der Waals surface area contributed by atoms with Crippen molar-refractivity contribution < 1.29 is 14.6 Å². The number of nitrogens with zero attached hydrogens (tertiary/aromatic N) is 4. The Morgan fingerprint density at radius 2 is 2.00 bits per heavy atom. The minimum Gasteiger partial charge on any atom is -0.486 e. The Bertz CT molecular complexity index is 795. The molecule has 7 heteroatoms. The monoisotopic (exact) mass is 372 g/mol. The fourth-order valence-corrected chi connectivity index (χ4v) is 3.35. The molecule has 1 fully saturated rings. The van der Waals surface area contributed by atoms with Crippen LogP contribution in [-0.4, -0.2) is 50.9 Å². The third kappa shape index (κ3) is 5.29. The van der Waals surface area contributed by atoms with Crippen LogP contribution in [0.4, 0.5) is 0 Å². The lowest BCUT2D eigenvalue weighted by Crippen LogP contribution is -2.31. The van der Waals surface area contributed by atoms with Gasteiger partial charge in [0.25, 0.3) is 0 Å². The lowest BCUT2D eigenvalue weighted by molar-refractivity contribution is -0.138. The average Bonchev–Trinajstić information content (AvgIpc) is 2.98. The van der Waals surface area contributed by atoms with Crippen LogP contribution in [0.3, 0.4) is 0 Å². The topological polar surface area (TPSA) is 80.5 Å². The molecular weight excluding hydrogens is 344 g/mol. The number of ether oxygens (including phenoxy) is 1. The maximum atomic E-state index is 11.2. The van der Waals surface area contributed by atoms with E-state index in [1.165, 1.54) is 10.2 Å². The molecule has 2 heterocycles. The second-order valence-electron chi connectivity index (χ2n) is 7.48. The van der Waals surface area contributed by atoms with E-state index in [2.05, 4.69) is 29.0 Å². The van der Waals surface area contributed by atoms with E-state index >= 15 is 0 Å². The number of likely N-dealkylation sites (tertiary alicyclic amines) is 1. The maximum absolute atomic E-state index is 11.2. The van der Waals surface area contributed by atoms with E-state index in [4.69, 9.17) is 9.84 Å². The highest BCUT2D eigenvalue weighted by atomic mass is 16.5. The van der Waals surface area contributed by atoms with E-state index in [9.17, 15) is 4.79 Å². The minimum absolute atomic E-state index is 0.202. The van der Waals surface area contributed by atoms with Gasteiger partial charge >= 0.3 is 5.97 Å². The summed E-state index contributed by atoms with van der Waals surface area (Å²) < 4.78 is 7.30. The molecular formula is C20H28N4O3. The molecule has 0 atom stereocenters. The lowest BCUT2D eigenvalue weighted by Gasteiger charge is -2.28. The number of aromatic nitrogens is 3. The Balaban J connectivity index is 1.69. The highest BCUT2D eigenvalue weighted by molar-refractivity contribution is 5.66.